The maximum atomic E-state index is 13.0. The largest absolute Gasteiger partial charge is 0.494 e. The first-order chi connectivity index (χ1) is 14.9. The molecule has 10 heteroatoms. The van der Waals surface area contributed by atoms with E-state index in [4.69, 9.17) is 0 Å². The monoisotopic (exact) mass is 424 g/mol. The SMILES string of the molecule is CC(C)Cn1c(O)c(C(=O)NC2CC2)c(=O)n2ncc(C(=O)NCc3cccnc3)c12. The number of aromatic hydroxyl groups is 1. The summed E-state index contributed by atoms with van der Waals surface area (Å²) >= 11 is 0. The van der Waals surface area contributed by atoms with Crippen molar-refractivity contribution in [3.8, 4) is 5.88 Å². The van der Waals surface area contributed by atoms with Crippen LogP contribution in [0.2, 0.25) is 0 Å². The average molecular weight is 424 g/mol. The van der Waals surface area contributed by atoms with E-state index in [9.17, 15) is 19.5 Å². The van der Waals surface area contributed by atoms with Gasteiger partial charge in [-0.3, -0.25) is 23.9 Å². The van der Waals surface area contributed by atoms with Crippen LogP contribution >= 0.6 is 0 Å². The number of carbonyl (C=O) groups excluding carboxylic acids is 2. The van der Waals surface area contributed by atoms with Gasteiger partial charge in [0.1, 0.15) is 5.56 Å². The Hall–Kier alpha value is -3.69. The Morgan fingerprint density at radius 3 is 2.68 bits per heavy atom. The Balaban J connectivity index is 1.76. The summed E-state index contributed by atoms with van der Waals surface area (Å²) in [5.74, 6) is -1.49. The van der Waals surface area contributed by atoms with Gasteiger partial charge in [-0.1, -0.05) is 19.9 Å². The lowest BCUT2D eigenvalue weighted by atomic mass is 10.2. The number of hydrogen-bond acceptors (Lipinski definition) is 6. The molecule has 1 aliphatic carbocycles. The van der Waals surface area contributed by atoms with Crippen molar-refractivity contribution in [2.24, 2.45) is 5.92 Å². The molecule has 0 atom stereocenters. The molecule has 1 saturated carbocycles. The van der Waals surface area contributed by atoms with Gasteiger partial charge in [0.15, 0.2) is 11.2 Å². The van der Waals surface area contributed by atoms with E-state index in [1.165, 1.54) is 10.8 Å². The molecule has 31 heavy (non-hydrogen) atoms. The number of rotatable bonds is 7. The minimum atomic E-state index is -0.767. The van der Waals surface area contributed by atoms with E-state index in [2.05, 4.69) is 20.7 Å². The fourth-order valence-electron chi connectivity index (χ4n) is 3.35. The maximum Gasteiger partial charge on any atom is 0.291 e. The van der Waals surface area contributed by atoms with E-state index in [0.717, 1.165) is 22.9 Å². The molecular formula is C21H24N6O4. The maximum absolute atomic E-state index is 13.0. The third-order valence-corrected chi connectivity index (χ3v) is 4.99. The van der Waals surface area contributed by atoms with Crippen molar-refractivity contribution >= 4 is 17.5 Å². The molecular weight excluding hydrogens is 400 g/mol. The fraction of sp³-hybridized carbons (Fsp3) is 0.381. The van der Waals surface area contributed by atoms with E-state index < -0.39 is 23.3 Å². The number of nitrogens with one attached hydrogen (secondary N) is 2. The quantitative estimate of drug-likeness (QED) is 0.520. The molecule has 4 rings (SSSR count). The number of carbonyl (C=O) groups is 2. The van der Waals surface area contributed by atoms with Crippen LogP contribution in [0.4, 0.5) is 0 Å². The zero-order valence-electron chi connectivity index (χ0n) is 17.3. The highest BCUT2D eigenvalue weighted by Crippen LogP contribution is 2.24. The molecule has 0 bridgehead atoms. The standard InChI is InChI=1S/C21H24N6O4/c1-12(2)11-26-19-15(17(28)23-9-13-4-3-7-22-8-13)10-24-27(19)21(31)16(20(26)30)18(29)25-14-5-6-14/h3-4,7-8,10,12,14,30H,5-6,9,11H2,1-2H3,(H,23,28)(H,25,29). The molecule has 1 fully saturated rings. The highest BCUT2D eigenvalue weighted by Gasteiger charge is 2.30. The van der Waals surface area contributed by atoms with Gasteiger partial charge in [0.05, 0.1) is 6.20 Å². The molecule has 3 aromatic rings. The zero-order valence-corrected chi connectivity index (χ0v) is 17.3. The van der Waals surface area contributed by atoms with E-state index in [-0.39, 0.29) is 41.8 Å². The first-order valence-electron chi connectivity index (χ1n) is 10.2. The minimum absolute atomic E-state index is 0.0204. The normalized spacial score (nSPS) is 13.5. The number of fused-ring (bicyclic) bond motifs is 1. The van der Waals surface area contributed by atoms with Crippen molar-refractivity contribution in [1.29, 1.82) is 0 Å². The van der Waals surface area contributed by atoms with Crippen molar-refractivity contribution in [2.45, 2.75) is 45.8 Å². The van der Waals surface area contributed by atoms with Crippen LogP contribution in [0.5, 0.6) is 5.88 Å². The summed E-state index contributed by atoms with van der Waals surface area (Å²) in [7, 11) is 0. The fourth-order valence-corrected chi connectivity index (χ4v) is 3.35. The summed E-state index contributed by atoms with van der Waals surface area (Å²) in [5, 5.41) is 20.4. The Kier molecular flexibility index (Phi) is 5.45. The predicted molar refractivity (Wildman–Crippen MR) is 112 cm³/mol. The summed E-state index contributed by atoms with van der Waals surface area (Å²) in [4.78, 5) is 42.5. The van der Waals surface area contributed by atoms with E-state index in [1.807, 2.05) is 19.9 Å². The van der Waals surface area contributed by atoms with Crippen LogP contribution in [-0.4, -0.2) is 42.1 Å². The summed E-state index contributed by atoms with van der Waals surface area (Å²) in [6.07, 6.45) is 6.24. The highest BCUT2D eigenvalue weighted by atomic mass is 16.3. The van der Waals surface area contributed by atoms with Gasteiger partial charge in [-0.15, -0.1) is 0 Å². The Morgan fingerprint density at radius 1 is 1.26 bits per heavy atom. The van der Waals surface area contributed by atoms with Gasteiger partial charge in [-0.25, -0.2) is 0 Å². The molecule has 0 aromatic carbocycles. The molecule has 2 amide bonds. The Morgan fingerprint density at radius 2 is 2.03 bits per heavy atom. The highest BCUT2D eigenvalue weighted by molar-refractivity contribution is 6.01. The van der Waals surface area contributed by atoms with Crippen LogP contribution in [0.15, 0.2) is 35.5 Å². The van der Waals surface area contributed by atoms with Gasteiger partial charge in [0.2, 0.25) is 5.88 Å². The second-order valence-electron chi connectivity index (χ2n) is 8.09. The van der Waals surface area contributed by atoms with Crippen LogP contribution in [0.25, 0.3) is 5.65 Å². The summed E-state index contributed by atoms with van der Waals surface area (Å²) in [5.41, 5.74) is -0.0508. The third-order valence-electron chi connectivity index (χ3n) is 4.99. The van der Waals surface area contributed by atoms with Crippen molar-refractivity contribution in [3.05, 3.63) is 57.8 Å². The lowest BCUT2D eigenvalue weighted by molar-refractivity contribution is 0.0940. The van der Waals surface area contributed by atoms with E-state index in [1.54, 1.807) is 18.5 Å². The zero-order chi connectivity index (χ0) is 22.1. The summed E-state index contributed by atoms with van der Waals surface area (Å²) in [6, 6.07) is 3.62. The number of pyridine rings is 1. The summed E-state index contributed by atoms with van der Waals surface area (Å²) in [6.45, 7) is 4.38. The molecule has 0 spiro atoms. The predicted octanol–water partition coefficient (Wildman–Crippen LogP) is 1.07. The molecule has 0 saturated heterocycles. The second kappa shape index (κ2) is 8.21. The average Bonchev–Trinajstić information content (AvgIpc) is 3.43. The Labute approximate surface area is 177 Å². The lowest BCUT2D eigenvalue weighted by Gasteiger charge is -2.17. The molecule has 3 heterocycles. The van der Waals surface area contributed by atoms with Gasteiger partial charge in [-0.2, -0.15) is 9.61 Å². The van der Waals surface area contributed by atoms with Crippen LogP contribution in [0.1, 0.15) is 53.0 Å². The first-order valence-corrected chi connectivity index (χ1v) is 10.2. The van der Waals surface area contributed by atoms with Crippen molar-refractivity contribution < 1.29 is 14.7 Å². The number of nitrogens with zero attached hydrogens (tertiary/aromatic N) is 4. The summed E-state index contributed by atoms with van der Waals surface area (Å²) < 4.78 is 2.41. The molecule has 10 nitrogen and oxygen atoms in total. The van der Waals surface area contributed by atoms with Crippen LogP contribution in [0, 0.1) is 5.92 Å². The molecule has 162 valence electrons. The minimum Gasteiger partial charge on any atom is -0.494 e. The van der Waals surface area contributed by atoms with Gasteiger partial charge in [0, 0.05) is 31.5 Å². The van der Waals surface area contributed by atoms with Crippen LogP contribution in [0.3, 0.4) is 0 Å². The van der Waals surface area contributed by atoms with Gasteiger partial charge in [-0.05, 0) is 30.4 Å². The van der Waals surface area contributed by atoms with Crippen molar-refractivity contribution in [1.82, 2.24) is 29.8 Å². The molecule has 0 radical (unpaired) electrons. The first kappa shape index (κ1) is 20.6. The van der Waals surface area contributed by atoms with Gasteiger partial charge < -0.3 is 15.7 Å². The lowest BCUT2D eigenvalue weighted by Crippen LogP contribution is -2.35. The third kappa shape index (κ3) is 4.14. The van der Waals surface area contributed by atoms with E-state index >= 15 is 0 Å². The Bertz CT molecular complexity index is 1190. The van der Waals surface area contributed by atoms with Crippen molar-refractivity contribution in [2.75, 3.05) is 0 Å². The number of aromatic nitrogens is 4. The number of hydrogen-bond donors (Lipinski definition) is 3. The topological polar surface area (TPSA) is 131 Å². The molecule has 0 unspecified atom stereocenters. The smallest absolute Gasteiger partial charge is 0.291 e. The molecule has 1 aliphatic rings. The van der Waals surface area contributed by atoms with Crippen LogP contribution in [-0.2, 0) is 13.1 Å². The molecule has 3 aromatic heterocycles. The van der Waals surface area contributed by atoms with Crippen LogP contribution < -0.4 is 16.2 Å². The number of amides is 2. The molecule has 3 N–H and O–H groups in total. The van der Waals surface area contributed by atoms with Crippen molar-refractivity contribution in [3.63, 3.8) is 0 Å². The second-order valence-corrected chi connectivity index (χ2v) is 8.09. The van der Waals surface area contributed by atoms with Gasteiger partial charge in [0.25, 0.3) is 17.4 Å². The molecule has 0 aliphatic heterocycles. The van der Waals surface area contributed by atoms with Gasteiger partial charge >= 0.3 is 0 Å². The van der Waals surface area contributed by atoms with E-state index in [0.29, 0.717) is 0 Å².